The van der Waals surface area contributed by atoms with Crippen LogP contribution in [-0.4, -0.2) is 51.7 Å². The lowest BCUT2D eigenvalue weighted by Gasteiger charge is -2.53. The maximum absolute atomic E-state index is 12.7. The molecule has 34 heavy (non-hydrogen) atoms. The molecule has 0 unspecified atom stereocenters. The number of methoxy groups -OCH3 is 1. The predicted molar refractivity (Wildman–Crippen MR) is 129 cm³/mol. The van der Waals surface area contributed by atoms with E-state index in [9.17, 15) is 9.59 Å². The Morgan fingerprint density at radius 3 is 2.71 bits per heavy atom. The van der Waals surface area contributed by atoms with Crippen molar-refractivity contribution in [1.29, 1.82) is 0 Å². The number of carboxylic acid groups (broad SMARTS) is 1. The second kappa shape index (κ2) is 8.72. The van der Waals surface area contributed by atoms with Crippen LogP contribution in [0.1, 0.15) is 53.8 Å². The third kappa shape index (κ3) is 3.42. The Hall–Kier alpha value is -3.45. The number of aromatic nitrogens is 2. The van der Waals surface area contributed by atoms with Crippen molar-refractivity contribution in [3.8, 4) is 0 Å². The number of piperidine rings is 1. The van der Waals surface area contributed by atoms with Crippen LogP contribution in [0.3, 0.4) is 0 Å². The summed E-state index contributed by atoms with van der Waals surface area (Å²) in [6.45, 7) is 4.55. The van der Waals surface area contributed by atoms with Crippen LogP contribution in [0.5, 0.6) is 0 Å². The minimum absolute atomic E-state index is 0.0430. The summed E-state index contributed by atoms with van der Waals surface area (Å²) in [5, 5.41) is 9.64. The molecule has 0 amide bonds. The van der Waals surface area contributed by atoms with E-state index in [1.165, 1.54) is 48.6 Å². The molecule has 3 aromatic rings. The van der Waals surface area contributed by atoms with Gasteiger partial charge in [-0.15, -0.1) is 0 Å². The normalized spacial score (nSPS) is 22.8. The fourth-order valence-electron chi connectivity index (χ4n) is 6.02. The number of carbonyl (C=O) groups excluding carboxylic acids is 1. The molecule has 176 valence electrons. The number of hydrogen-bond donors (Lipinski definition) is 1. The molecule has 2 atom stereocenters. The number of pyridine rings is 1. The monoisotopic (exact) mass is 459 g/mol. The lowest BCUT2D eigenvalue weighted by molar-refractivity contribution is -0.134. The fourth-order valence-corrected chi connectivity index (χ4v) is 6.02. The highest BCUT2D eigenvalue weighted by atomic mass is 16.5. The number of rotatable bonds is 3. The highest BCUT2D eigenvalue weighted by Crippen LogP contribution is 2.57. The fraction of sp³-hybridized carbons (Fsp3) is 0.370. The molecule has 7 nitrogen and oxygen atoms in total. The Bertz CT molecular complexity index is 1280. The Morgan fingerprint density at radius 1 is 1.21 bits per heavy atom. The summed E-state index contributed by atoms with van der Waals surface area (Å²) >= 11 is 0. The van der Waals surface area contributed by atoms with Gasteiger partial charge < -0.3 is 14.4 Å². The highest BCUT2D eigenvalue weighted by molar-refractivity contribution is 6.13. The second-order valence-electron chi connectivity index (χ2n) is 9.16. The van der Waals surface area contributed by atoms with Crippen LogP contribution in [0.15, 0.2) is 54.9 Å². The number of nitrogens with zero attached hydrogens (tertiary/aromatic N) is 3. The van der Waals surface area contributed by atoms with Gasteiger partial charge in [-0.2, -0.15) is 0 Å². The summed E-state index contributed by atoms with van der Waals surface area (Å²) in [6, 6.07) is 12.0. The zero-order valence-electron chi connectivity index (χ0n) is 19.5. The van der Waals surface area contributed by atoms with E-state index in [2.05, 4.69) is 51.7 Å². The van der Waals surface area contributed by atoms with Gasteiger partial charge in [0.15, 0.2) is 0 Å². The van der Waals surface area contributed by atoms with E-state index < -0.39 is 5.97 Å². The van der Waals surface area contributed by atoms with Crippen LogP contribution in [0, 0.1) is 5.41 Å². The molecule has 2 aromatic heterocycles. The Morgan fingerprint density at radius 2 is 2.03 bits per heavy atom. The van der Waals surface area contributed by atoms with Gasteiger partial charge in [0.1, 0.15) is 5.70 Å². The molecule has 5 heterocycles. The van der Waals surface area contributed by atoms with Gasteiger partial charge in [-0.1, -0.05) is 25.1 Å². The lowest BCUT2D eigenvalue weighted by Crippen LogP contribution is -2.51. The molecule has 6 rings (SSSR count). The molecule has 1 fully saturated rings. The third-order valence-corrected chi connectivity index (χ3v) is 7.55. The van der Waals surface area contributed by atoms with E-state index in [1.54, 1.807) is 6.07 Å². The van der Waals surface area contributed by atoms with Gasteiger partial charge >= 0.3 is 11.9 Å². The maximum Gasteiger partial charge on any atom is 0.354 e. The Kier molecular flexibility index (Phi) is 5.73. The lowest BCUT2D eigenvalue weighted by atomic mass is 9.66. The minimum Gasteiger partial charge on any atom is -0.478 e. The molecule has 3 aliphatic rings. The average molecular weight is 460 g/mol. The molecular weight excluding hydrogens is 430 g/mol. The molecule has 1 N–H and O–H groups in total. The first-order valence-electron chi connectivity index (χ1n) is 11.8. The Labute approximate surface area is 198 Å². The van der Waals surface area contributed by atoms with Crippen LogP contribution < -0.4 is 0 Å². The molecule has 0 aliphatic carbocycles. The highest BCUT2D eigenvalue weighted by Gasteiger charge is 2.51. The number of aromatic carboxylic acids is 1. The van der Waals surface area contributed by atoms with Crippen molar-refractivity contribution in [2.24, 2.45) is 5.41 Å². The molecule has 1 aromatic carbocycles. The van der Waals surface area contributed by atoms with Crippen molar-refractivity contribution < 1.29 is 19.4 Å². The largest absolute Gasteiger partial charge is 0.478 e. The number of para-hydroxylation sites is 1. The standard InChI is InChI=1S/C21H24N2O2.C6H5NO2/c1-3-21-10-6-11-22-12-9-15-14-7-4-5-8-16(14)23(18(15)19(21)22)17(13-21)20(24)25-2;8-6(9)5-2-1-3-7-4-5/h4-5,7-8,13,19H,3,6,9-12H2,1-2H3;1-4H,(H,8,9)/t19-,21+;/m1./s1. The van der Waals surface area contributed by atoms with Gasteiger partial charge in [0.2, 0.25) is 0 Å². The van der Waals surface area contributed by atoms with E-state index in [0.29, 0.717) is 11.7 Å². The molecule has 3 aliphatic heterocycles. The smallest absolute Gasteiger partial charge is 0.354 e. The summed E-state index contributed by atoms with van der Waals surface area (Å²) in [6.07, 6.45) is 9.54. The van der Waals surface area contributed by atoms with Crippen LogP contribution in [-0.2, 0) is 16.0 Å². The van der Waals surface area contributed by atoms with Crippen molar-refractivity contribution in [3.63, 3.8) is 0 Å². The van der Waals surface area contributed by atoms with Gasteiger partial charge in [0.05, 0.1) is 24.2 Å². The SMILES string of the molecule is CC[C@@]12C=C(C(=O)OC)n3c4c(c5ccccc53)CCN(CCC1)[C@H]42.O=C(O)c1cccnc1. The Balaban J connectivity index is 0.000000227. The molecular formula is C27H29N3O4. The number of fused-ring (bicyclic) bond motifs is 3. The number of hydrogen-bond acceptors (Lipinski definition) is 5. The number of carboxylic acids is 1. The molecule has 7 heteroatoms. The second-order valence-corrected chi connectivity index (χ2v) is 9.16. The maximum atomic E-state index is 12.7. The summed E-state index contributed by atoms with van der Waals surface area (Å²) in [4.78, 5) is 29.1. The van der Waals surface area contributed by atoms with Gasteiger partial charge in [-0.3, -0.25) is 9.88 Å². The number of benzene rings is 1. The van der Waals surface area contributed by atoms with E-state index in [-0.39, 0.29) is 16.9 Å². The first-order valence-corrected chi connectivity index (χ1v) is 11.8. The third-order valence-electron chi connectivity index (χ3n) is 7.55. The molecule has 0 bridgehead atoms. The summed E-state index contributed by atoms with van der Waals surface area (Å²) < 4.78 is 7.38. The van der Waals surface area contributed by atoms with Gasteiger partial charge in [-0.25, -0.2) is 9.59 Å². The van der Waals surface area contributed by atoms with Crippen molar-refractivity contribution >= 4 is 28.5 Å². The van der Waals surface area contributed by atoms with Gasteiger partial charge in [0.25, 0.3) is 0 Å². The van der Waals surface area contributed by atoms with E-state index in [1.807, 2.05) is 0 Å². The van der Waals surface area contributed by atoms with Gasteiger partial charge in [0, 0.05) is 35.4 Å². The van der Waals surface area contributed by atoms with E-state index in [4.69, 9.17) is 9.84 Å². The first kappa shape index (κ1) is 22.3. The van der Waals surface area contributed by atoms with Crippen molar-refractivity contribution in [3.05, 3.63) is 71.7 Å². The van der Waals surface area contributed by atoms with Gasteiger partial charge in [-0.05, 0) is 62.1 Å². The number of esters is 1. The van der Waals surface area contributed by atoms with Crippen molar-refractivity contribution in [2.75, 3.05) is 20.2 Å². The molecule has 0 radical (unpaired) electrons. The predicted octanol–water partition coefficient (Wildman–Crippen LogP) is 4.54. The average Bonchev–Trinajstić information content (AvgIpc) is 3.23. The van der Waals surface area contributed by atoms with E-state index >= 15 is 0 Å². The molecule has 0 spiro atoms. The number of ether oxygens (including phenoxy) is 1. The van der Waals surface area contributed by atoms with Crippen LogP contribution in [0.25, 0.3) is 16.6 Å². The van der Waals surface area contributed by atoms with Crippen molar-refractivity contribution in [2.45, 2.75) is 38.6 Å². The topological polar surface area (TPSA) is 84.7 Å². The summed E-state index contributed by atoms with van der Waals surface area (Å²) in [5.41, 5.74) is 4.89. The van der Waals surface area contributed by atoms with Crippen molar-refractivity contribution in [1.82, 2.24) is 14.5 Å². The first-order chi connectivity index (χ1) is 16.5. The minimum atomic E-state index is -0.942. The van der Waals surface area contributed by atoms with E-state index in [0.717, 1.165) is 37.9 Å². The molecule has 0 saturated carbocycles. The quantitative estimate of drug-likeness (QED) is 0.579. The zero-order chi connectivity index (χ0) is 23.9. The number of carbonyl (C=O) groups is 2. The van der Waals surface area contributed by atoms with Crippen LogP contribution >= 0.6 is 0 Å². The summed E-state index contributed by atoms with van der Waals surface area (Å²) in [5.74, 6) is -1.17. The van der Waals surface area contributed by atoms with Crippen LogP contribution in [0.4, 0.5) is 0 Å². The molecule has 1 saturated heterocycles. The zero-order valence-corrected chi connectivity index (χ0v) is 19.5. The summed E-state index contributed by atoms with van der Waals surface area (Å²) in [7, 11) is 1.49. The van der Waals surface area contributed by atoms with Crippen LogP contribution in [0.2, 0.25) is 0 Å².